The van der Waals surface area contributed by atoms with E-state index in [1.807, 2.05) is 6.92 Å². The normalized spacial score (nSPS) is 16.7. The average Bonchev–Trinajstić information content (AvgIpc) is 2.43. The molecule has 9 heteroatoms. The third-order valence-corrected chi connectivity index (χ3v) is 5.06. The van der Waals surface area contributed by atoms with Crippen molar-refractivity contribution >= 4 is 32.0 Å². The van der Waals surface area contributed by atoms with E-state index in [1.165, 1.54) is 12.2 Å². The van der Waals surface area contributed by atoms with Crippen LogP contribution in [0.3, 0.4) is 0 Å². The summed E-state index contributed by atoms with van der Waals surface area (Å²) >= 11 is 0. The van der Waals surface area contributed by atoms with Gasteiger partial charge in [0.15, 0.2) is 0 Å². The van der Waals surface area contributed by atoms with Gasteiger partial charge in [-0.25, -0.2) is 0 Å². The molecule has 0 unspecified atom stereocenters. The molecule has 0 saturated heterocycles. The van der Waals surface area contributed by atoms with Crippen molar-refractivity contribution in [1.82, 2.24) is 0 Å². The Bertz CT molecular complexity index is 940. The van der Waals surface area contributed by atoms with E-state index < -0.39 is 30.0 Å². The Labute approximate surface area is 134 Å². The molecule has 0 radical (unpaired) electrons. The van der Waals surface area contributed by atoms with Gasteiger partial charge in [-0.1, -0.05) is 31.6 Å². The van der Waals surface area contributed by atoms with Crippen LogP contribution in [0.4, 0.5) is 0 Å². The molecule has 3 N–H and O–H groups in total. The molecule has 0 atom stereocenters. The van der Waals surface area contributed by atoms with Crippen LogP contribution in [-0.4, -0.2) is 31.7 Å². The number of allylic oxidation sites excluding steroid dienone is 3. The predicted molar refractivity (Wildman–Crippen MR) is 84.9 cm³/mol. The van der Waals surface area contributed by atoms with Crippen LogP contribution >= 0.6 is 0 Å². The highest BCUT2D eigenvalue weighted by molar-refractivity contribution is 7.86. The summed E-state index contributed by atoms with van der Waals surface area (Å²) in [5.74, 6) is 0. The first-order valence-electron chi connectivity index (χ1n) is 6.66. The van der Waals surface area contributed by atoms with E-state index in [9.17, 15) is 21.4 Å². The number of benzene rings is 1. The lowest BCUT2D eigenvalue weighted by atomic mass is 9.91. The van der Waals surface area contributed by atoms with Crippen LogP contribution in [0.15, 0.2) is 39.6 Å². The standard InChI is InChI=1S/C14H15NO6S2/c1-2-3-4-9-5-6-11-12(14(9)15)7-10(22(16,17)18)8-13(11)23(19,20)21/h4-8,15H,2-3H2,1H3,(H,16,17,18)(H,19,20,21)/b9-4+,15-14?. The lowest BCUT2D eigenvalue weighted by Gasteiger charge is -2.18. The monoisotopic (exact) mass is 357 g/mol. The number of fused-ring (bicyclic) bond motifs is 1. The fourth-order valence-corrected chi connectivity index (χ4v) is 3.56. The topological polar surface area (TPSA) is 133 Å². The Morgan fingerprint density at radius 1 is 1.09 bits per heavy atom. The second-order valence-corrected chi connectivity index (χ2v) is 7.80. The van der Waals surface area contributed by atoms with Crippen LogP contribution in [0.5, 0.6) is 0 Å². The van der Waals surface area contributed by atoms with E-state index in [0.29, 0.717) is 18.1 Å². The van der Waals surface area contributed by atoms with E-state index in [0.717, 1.165) is 12.5 Å². The molecule has 0 saturated carbocycles. The van der Waals surface area contributed by atoms with Crippen LogP contribution in [0.2, 0.25) is 0 Å². The smallest absolute Gasteiger partial charge is 0.295 e. The summed E-state index contributed by atoms with van der Waals surface area (Å²) in [4.78, 5) is -1.36. The number of nitrogens with one attached hydrogen (secondary N) is 1. The van der Waals surface area contributed by atoms with E-state index in [1.54, 1.807) is 6.08 Å². The minimum absolute atomic E-state index is 0.0117. The lowest BCUT2D eigenvalue weighted by Crippen LogP contribution is -2.14. The molecule has 124 valence electrons. The van der Waals surface area contributed by atoms with Gasteiger partial charge in [0, 0.05) is 11.1 Å². The molecule has 23 heavy (non-hydrogen) atoms. The van der Waals surface area contributed by atoms with Crippen LogP contribution in [0, 0.1) is 5.41 Å². The lowest BCUT2D eigenvalue weighted by molar-refractivity contribution is 0.481. The Morgan fingerprint density at radius 2 is 1.74 bits per heavy atom. The van der Waals surface area contributed by atoms with Gasteiger partial charge in [0.25, 0.3) is 20.2 Å². The first kappa shape index (κ1) is 17.5. The molecule has 0 spiro atoms. The Morgan fingerprint density at radius 3 is 2.26 bits per heavy atom. The third-order valence-electron chi connectivity index (χ3n) is 3.33. The minimum Gasteiger partial charge on any atom is -0.300 e. The highest BCUT2D eigenvalue weighted by Gasteiger charge is 2.26. The van der Waals surface area contributed by atoms with Crippen molar-refractivity contribution < 1.29 is 25.9 Å². The zero-order chi connectivity index (χ0) is 17.4. The van der Waals surface area contributed by atoms with Crippen LogP contribution in [0.1, 0.15) is 30.9 Å². The molecule has 1 aliphatic rings. The SMILES string of the molecule is CCC/C=C1\C=Cc2c(cc(S(=O)(=O)O)cc2S(=O)(=O)O)C1=N. The Kier molecular flexibility index (Phi) is 4.58. The van der Waals surface area contributed by atoms with Gasteiger partial charge in [0.05, 0.1) is 10.6 Å². The van der Waals surface area contributed by atoms with Gasteiger partial charge in [0.1, 0.15) is 4.90 Å². The second kappa shape index (κ2) is 6.00. The first-order valence-corrected chi connectivity index (χ1v) is 9.54. The molecule has 0 aromatic heterocycles. The highest BCUT2D eigenvalue weighted by Crippen LogP contribution is 2.31. The molecule has 1 aromatic rings. The van der Waals surface area contributed by atoms with Gasteiger partial charge in [0.2, 0.25) is 0 Å². The van der Waals surface area contributed by atoms with E-state index in [-0.39, 0.29) is 16.8 Å². The molecule has 0 bridgehead atoms. The Balaban J connectivity index is 2.80. The summed E-state index contributed by atoms with van der Waals surface area (Å²) in [6, 6.07) is 1.69. The number of rotatable bonds is 4. The fourth-order valence-electron chi connectivity index (χ4n) is 2.22. The van der Waals surface area contributed by atoms with Crippen molar-refractivity contribution in [3.05, 3.63) is 41.0 Å². The predicted octanol–water partition coefficient (Wildman–Crippen LogP) is 2.30. The van der Waals surface area contributed by atoms with Crippen molar-refractivity contribution in [3.63, 3.8) is 0 Å². The van der Waals surface area contributed by atoms with Crippen LogP contribution < -0.4 is 0 Å². The maximum absolute atomic E-state index is 11.5. The maximum Gasteiger partial charge on any atom is 0.295 e. The van der Waals surface area contributed by atoms with Gasteiger partial charge >= 0.3 is 0 Å². The first-order chi connectivity index (χ1) is 10.6. The molecular formula is C14H15NO6S2. The molecular weight excluding hydrogens is 342 g/mol. The molecule has 7 nitrogen and oxygen atoms in total. The van der Waals surface area contributed by atoms with Gasteiger partial charge in [-0.15, -0.1) is 0 Å². The molecule has 1 aliphatic carbocycles. The summed E-state index contributed by atoms with van der Waals surface area (Å²) in [6.45, 7) is 1.95. The number of hydrogen-bond donors (Lipinski definition) is 3. The van der Waals surface area contributed by atoms with Gasteiger partial charge in [-0.05, 0) is 24.1 Å². The highest BCUT2D eigenvalue weighted by atomic mass is 32.2. The number of hydrogen-bond acceptors (Lipinski definition) is 5. The zero-order valence-corrected chi connectivity index (χ0v) is 13.8. The molecule has 0 fully saturated rings. The second-order valence-electron chi connectivity index (χ2n) is 4.99. The van der Waals surface area contributed by atoms with E-state index >= 15 is 0 Å². The van der Waals surface area contributed by atoms with Crippen molar-refractivity contribution in [3.8, 4) is 0 Å². The van der Waals surface area contributed by atoms with E-state index in [2.05, 4.69) is 0 Å². The molecule has 0 heterocycles. The van der Waals surface area contributed by atoms with Crippen LogP contribution in [0.25, 0.3) is 6.08 Å². The molecule has 0 aliphatic heterocycles. The van der Waals surface area contributed by atoms with Gasteiger partial charge in [-0.3, -0.25) is 14.5 Å². The minimum atomic E-state index is -4.73. The Hall–Kier alpha value is -1.81. The average molecular weight is 357 g/mol. The van der Waals surface area contributed by atoms with Crippen molar-refractivity contribution in [2.45, 2.75) is 29.6 Å². The quantitative estimate of drug-likeness (QED) is 0.708. The van der Waals surface area contributed by atoms with Crippen molar-refractivity contribution in [2.24, 2.45) is 0 Å². The van der Waals surface area contributed by atoms with Gasteiger partial charge < -0.3 is 0 Å². The van der Waals surface area contributed by atoms with Gasteiger partial charge in [-0.2, -0.15) is 16.8 Å². The fraction of sp³-hybridized carbons (Fsp3) is 0.214. The van der Waals surface area contributed by atoms with Crippen LogP contribution in [-0.2, 0) is 20.2 Å². The summed E-state index contributed by atoms with van der Waals surface area (Å²) in [6.07, 6.45) is 6.24. The third kappa shape index (κ3) is 3.58. The van der Waals surface area contributed by atoms with E-state index in [4.69, 9.17) is 9.96 Å². The molecule has 2 rings (SSSR count). The van der Waals surface area contributed by atoms with Crippen molar-refractivity contribution in [1.29, 1.82) is 5.41 Å². The van der Waals surface area contributed by atoms with Crippen molar-refractivity contribution in [2.75, 3.05) is 0 Å². The summed E-state index contributed by atoms with van der Waals surface area (Å²) in [7, 11) is -9.42. The summed E-state index contributed by atoms with van der Waals surface area (Å²) < 4.78 is 64.1. The molecule has 1 aromatic carbocycles. The summed E-state index contributed by atoms with van der Waals surface area (Å²) in [5.41, 5.74) is 0.454. The molecule has 0 amide bonds. The zero-order valence-electron chi connectivity index (χ0n) is 12.1. The summed E-state index contributed by atoms with van der Waals surface area (Å²) in [5, 5.41) is 8.14. The number of unbranched alkanes of at least 4 members (excludes halogenated alkanes) is 1. The maximum atomic E-state index is 11.5. The largest absolute Gasteiger partial charge is 0.300 e.